The van der Waals surface area contributed by atoms with Crippen molar-refractivity contribution in [1.29, 1.82) is 0 Å². The van der Waals surface area contributed by atoms with Crippen molar-refractivity contribution < 1.29 is 14.3 Å². The Morgan fingerprint density at radius 2 is 2.00 bits per heavy atom. The summed E-state index contributed by atoms with van der Waals surface area (Å²) in [5.74, 6) is -1.76. The molecule has 0 bridgehead atoms. The Labute approximate surface area is 84.7 Å². The lowest BCUT2D eigenvalue weighted by Crippen LogP contribution is -2.00. The van der Waals surface area contributed by atoms with Crippen molar-refractivity contribution in [3.8, 4) is 0 Å². The van der Waals surface area contributed by atoms with E-state index in [1.165, 1.54) is 12.1 Å². The van der Waals surface area contributed by atoms with Gasteiger partial charge >= 0.3 is 5.97 Å². The maximum absolute atomic E-state index is 12.8. The summed E-state index contributed by atoms with van der Waals surface area (Å²) in [5.41, 5.74) is -0.102. The van der Waals surface area contributed by atoms with Gasteiger partial charge in [0.15, 0.2) is 0 Å². The van der Waals surface area contributed by atoms with Crippen molar-refractivity contribution in [1.82, 2.24) is 0 Å². The summed E-state index contributed by atoms with van der Waals surface area (Å²) < 4.78 is 13.1. The van der Waals surface area contributed by atoms with Gasteiger partial charge in [-0.1, -0.05) is 0 Å². The minimum Gasteiger partial charge on any atom is -0.478 e. The van der Waals surface area contributed by atoms with Crippen LogP contribution in [0.4, 0.5) is 4.39 Å². The van der Waals surface area contributed by atoms with Crippen LogP contribution in [0, 0.1) is 5.82 Å². The predicted molar refractivity (Wildman–Crippen MR) is 48.8 cm³/mol. The Morgan fingerprint density at radius 1 is 1.42 bits per heavy atom. The van der Waals surface area contributed by atoms with Crippen LogP contribution in [0.2, 0.25) is 0 Å². The SMILES string of the molecule is O=C(O)c1c(Br)ccc(F)c1Br. The third-order valence-electron chi connectivity index (χ3n) is 1.26. The highest BCUT2D eigenvalue weighted by molar-refractivity contribution is 9.11. The molecule has 1 N–H and O–H groups in total. The van der Waals surface area contributed by atoms with Crippen LogP contribution in [0.3, 0.4) is 0 Å². The van der Waals surface area contributed by atoms with E-state index in [1.54, 1.807) is 0 Å². The van der Waals surface area contributed by atoms with Gasteiger partial charge in [0.05, 0.1) is 10.0 Å². The third kappa shape index (κ3) is 1.67. The van der Waals surface area contributed by atoms with Gasteiger partial charge in [0.2, 0.25) is 0 Å². The molecular formula is C7H3Br2FO2. The second kappa shape index (κ2) is 3.53. The second-order valence-corrected chi connectivity index (χ2v) is 3.67. The quantitative estimate of drug-likeness (QED) is 0.809. The minimum atomic E-state index is -1.17. The monoisotopic (exact) mass is 296 g/mol. The van der Waals surface area contributed by atoms with E-state index in [0.717, 1.165) is 0 Å². The molecule has 0 saturated heterocycles. The number of carbonyl (C=O) groups is 1. The number of hydrogen-bond acceptors (Lipinski definition) is 1. The molecule has 0 unspecified atom stereocenters. The average molecular weight is 298 g/mol. The number of carboxylic acid groups (broad SMARTS) is 1. The molecule has 0 fully saturated rings. The highest BCUT2D eigenvalue weighted by atomic mass is 79.9. The Kier molecular flexibility index (Phi) is 2.85. The van der Waals surface area contributed by atoms with Crippen molar-refractivity contribution >= 4 is 37.8 Å². The zero-order valence-corrected chi connectivity index (χ0v) is 8.82. The molecule has 0 saturated carbocycles. The smallest absolute Gasteiger partial charge is 0.338 e. The molecule has 0 aliphatic carbocycles. The van der Waals surface area contributed by atoms with Crippen molar-refractivity contribution in [2.45, 2.75) is 0 Å². The van der Waals surface area contributed by atoms with Crippen molar-refractivity contribution in [3.63, 3.8) is 0 Å². The first-order valence-corrected chi connectivity index (χ1v) is 4.49. The maximum atomic E-state index is 12.8. The molecule has 1 aromatic carbocycles. The first-order valence-electron chi connectivity index (χ1n) is 2.91. The van der Waals surface area contributed by atoms with Crippen LogP contribution >= 0.6 is 31.9 Å². The summed E-state index contributed by atoms with van der Waals surface area (Å²) in [4.78, 5) is 10.6. The zero-order valence-electron chi connectivity index (χ0n) is 5.64. The standard InChI is InChI=1S/C7H3Br2FO2/c8-3-1-2-4(10)6(9)5(3)7(11)12/h1-2H,(H,11,12). The molecule has 0 amide bonds. The fourth-order valence-corrected chi connectivity index (χ4v) is 2.00. The molecule has 0 spiro atoms. The first-order chi connectivity index (χ1) is 5.54. The fourth-order valence-electron chi connectivity index (χ4n) is 0.723. The molecule has 1 rings (SSSR count). The molecule has 0 radical (unpaired) electrons. The molecule has 12 heavy (non-hydrogen) atoms. The Morgan fingerprint density at radius 3 is 2.42 bits per heavy atom. The Hall–Kier alpha value is -0.420. The summed E-state index contributed by atoms with van der Waals surface area (Å²) in [6.45, 7) is 0. The highest BCUT2D eigenvalue weighted by Gasteiger charge is 2.15. The van der Waals surface area contributed by atoms with Gasteiger partial charge in [-0.25, -0.2) is 9.18 Å². The largest absolute Gasteiger partial charge is 0.478 e. The number of benzene rings is 1. The van der Waals surface area contributed by atoms with Crippen LogP contribution in [0.5, 0.6) is 0 Å². The van der Waals surface area contributed by atoms with E-state index in [4.69, 9.17) is 5.11 Å². The van der Waals surface area contributed by atoms with E-state index in [-0.39, 0.29) is 10.0 Å². The van der Waals surface area contributed by atoms with Gasteiger partial charge in [0.1, 0.15) is 5.82 Å². The van der Waals surface area contributed by atoms with Gasteiger partial charge in [0.25, 0.3) is 0 Å². The fraction of sp³-hybridized carbons (Fsp3) is 0. The van der Waals surface area contributed by atoms with E-state index < -0.39 is 11.8 Å². The molecule has 2 nitrogen and oxygen atoms in total. The Bertz CT molecular complexity index is 338. The van der Waals surface area contributed by atoms with Gasteiger partial charge in [0, 0.05) is 4.47 Å². The summed E-state index contributed by atoms with van der Waals surface area (Å²) >= 11 is 5.85. The number of aromatic carboxylic acids is 1. The molecule has 0 aliphatic heterocycles. The summed E-state index contributed by atoms with van der Waals surface area (Å²) in [5, 5.41) is 8.64. The van der Waals surface area contributed by atoms with Crippen LogP contribution in [0.1, 0.15) is 10.4 Å². The maximum Gasteiger partial charge on any atom is 0.338 e. The van der Waals surface area contributed by atoms with E-state index >= 15 is 0 Å². The predicted octanol–water partition coefficient (Wildman–Crippen LogP) is 3.05. The summed E-state index contributed by atoms with van der Waals surface area (Å²) in [6, 6.07) is 2.53. The van der Waals surface area contributed by atoms with Crippen LogP contribution in [-0.4, -0.2) is 11.1 Å². The third-order valence-corrected chi connectivity index (χ3v) is 2.69. The number of carboxylic acids is 1. The number of halogens is 3. The zero-order chi connectivity index (χ0) is 9.30. The van der Waals surface area contributed by atoms with Gasteiger partial charge in [-0.3, -0.25) is 0 Å². The number of hydrogen-bond donors (Lipinski definition) is 1. The first kappa shape index (κ1) is 9.67. The van der Waals surface area contributed by atoms with Gasteiger partial charge in [-0.2, -0.15) is 0 Å². The van der Waals surface area contributed by atoms with E-state index in [1.807, 2.05) is 0 Å². The summed E-state index contributed by atoms with van der Waals surface area (Å²) in [6.07, 6.45) is 0. The molecular weight excluding hydrogens is 295 g/mol. The van der Waals surface area contributed by atoms with Gasteiger partial charge in [-0.05, 0) is 44.0 Å². The molecule has 1 aromatic rings. The lowest BCUT2D eigenvalue weighted by molar-refractivity contribution is 0.0694. The summed E-state index contributed by atoms with van der Waals surface area (Å²) in [7, 11) is 0. The molecule has 0 aromatic heterocycles. The molecule has 5 heteroatoms. The van der Waals surface area contributed by atoms with Gasteiger partial charge in [-0.15, -0.1) is 0 Å². The van der Waals surface area contributed by atoms with E-state index in [9.17, 15) is 9.18 Å². The van der Waals surface area contributed by atoms with Crippen molar-refractivity contribution in [2.75, 3.05) is 0 Å². The van der Waals surface area contributed by atoms with Crippen molar-refractivity contribution in [2.24, 2.45) is 0 Å². The molecule has 0 heterocycles. The van der Waals surface area contributed by atoms with Crippen molar-refractivity contribution in [3.05, 3.63) is 32.5 Å². The highest BCUT2D eigenvalue weighted by Crippen LogP contribution is 2.27. The molecule has 64 valence electrons. The second-order valence-electron chi connectivity index (χ2n) is 2.02. The lowest BCUT2D eigenvalue weighted by atomic mass is 10.2. The van der Waals surface area contributed by atoms with Crippen LogP contribution < -0.4 is 0 Å². The van der Waals surface area contributed by atoms with Crippen LogP contribution in [0.25, 0.3) is 0 Å². The average Bonchev–Trinajstić information content (AvgIpc) is 1.97. The topological polar surface area (TPSA) is 37.3 Å². The Balaban J connectivity index is 3.43. The lowest BCUT2D eigenvalue weighted by Gasteiger charge is -2.01. The number of rotatable bonds is 1. The minimum absolute atomic E-state index is 0.0376. The van der Waals surface area contributed by atoms with E-state index in [2.05, 4.69) is 31.9 Å². The van der Waals surface area contributed by atoms with E-state index in [0.29, 0.717) is 4.47 Å². The van der Waals surface area contributed by atoms with Crippen LogP contribution in [-0.2, 0) is 0 Å². The van der Waals surface area contributed by atoms with Crippen LogP contribution in [0.15, 0.2) is 21.1 Å². The molecule has 0 aliphatic rings. The molecule has 0 atom stereocenters. The van der Waals surface area contributed by atoms with Gasteiger partial charge < -0.3 is 5.11 Å². The normalized spacial score (nSPS) is 9.92.